The summed E-state index contributed by atoms with van der Waals surface area (Å²) in [7, 11) is 0. The Hall–Kier alpha value is -1.23. The summed E-state index contributed by atoms with van der Waals surface area (Å²) in [5.41, 5.74) is 6.12. The number of rotatable bonds is 2. The normalized spacial score (nSPS) is 11.8. The van der Waals surface area contributed by atoms with Crippen molar-refractivity contribution < 1.29 is 0 Å². The van der Waals surface area contributed by atoms with E-state index in [1.54, 1.807) is 6.08 Å². The molecule has 0 amide bonds. The third kappa shape index (κ3) is 4.63. The van der Waals surface area contributed by atoms with Crippen molar-refractivity contribution in [2.45, 2.75) is 13.3 Å². The van der Waals surface area contributed by atoms with E-state index in [4.69, 9.17) is 11.0 Å². The minimum absolute atomic E-state index is 0.455. The Labute approximate surface area is 55.3 Å². The number of nitrogens with zero attached hydrogens (tertiary/aromatic N) is 1. The van der Waals surface area contributed by atoms with Crippen molar-refractivity contribution >= 4 is 0 Å². The molecule has 0 radical (unpaired) electrons. The zero-order valence-electron chi connectivity index (χ0n) is 5.46. The minimum atomic E-state index is 0.455. The summed E-state index contributed by atoms with van der Waals surface area (Å²) in [4.78, 5) is 0. The van der Waals surface area contributed by atoms with Gasteiger partial charge in [-0.15, -0.1) is 0 Å². The van der Waals surface area contributed by atoms with Gasteiger partial charge in [-0.1, -0.05) is 11.6 Å². The van der Waals surface area contributed by atoms with Crippen molar-refractivity contribution in [2.24, 2.45) is 5.73 Å². The summed E-state index contributed by atoms with van der Waals surface area (Å²) >= 11 is 0. The highest BCUT2D eigenvalue weighted by atomic mass is 14.5. The third-order valence-corrected chi connectivity index (χ3v) is 0.874. The standard InChI is InChI=1S/C7H10N2/c1-7(4-6-9)3-2-5-8/h3-4,6H,2,9H2,1H3/b6-4-,7-3-. The molecule has 0 unspecified atom stereocenters. The van der Waals surface area contributed by atoms with Crippen LogP contribution in [0, 0.1) is 11.3 Å². The molecule has 0 aliphatic rings. The Morgan fingerprint density at radius 1 is 1.78 bits per heavy atom. The van der Waals surface area contributed by atoms with Crippen LogP contribution in [0.15, 0.2) is 23.9 Å². The van der Waals surface area contributed by atoms with E-state index in [1.165, 1.54) is 6.20 Å². The molecular formula is C7H10N2. The van der Waals surface area contributed by atoms with Gasteiger partial charge in [0.2, 0.25) is 0 Å². The van der Waals surface area contributed by atoms with Crippen LogP contribution in [-0.2, 0) is 0 Å². The first kappa shape index (κ1) is 7.77. The fourth-order valence-electron chi connectivity index (χ4n) is 0.426. The van der Waals surface area contributed by atoms with Crippen LogP contribution >= 0.6 is 0 Å². The molecule has 0 bridgehead atoms. The Balaban J connectivity index is 3.73. The Morgan fingerprint density at radius 3 is 2.89 bits per heavy atom. The lowest BCUT2D eigenvalue weighted by atomic mass is 10.2. The van der Waals surface area contributed by atoms with E-state index in [0.717, 1.165) is 5.57 Å². The first-order valence-electron chi connectivity index (χ1n) is 2.73. The molecule has 0 aliphatic heterocycles. The van der Waals surface area contributed by atoms with Crippen LogP contribution < -0.4 is 5.73 Å². The lowest BCUT2D eigenvalue weighted by Gasteiger charge is -1.84. The number of nitrogens with two attached hydrogens (primary N) is 1. The highest BCUT2D eigenvalue weighted by Gasteiger charge is 1.77. The molecule has 0 saturated heterocycles. The van der Waals surface area contributed by atoms with Crippen LogP contribution in [0.4, 0.5) is 0 Å². The monoisotopic (exact) mass is 122 g/mol. The van der Waals surface area contributed by atoms with Crippen LogP contribution in [0.2, 0.25) is 0 Å². The van der Waals surface area contributed by atoms with Crippen LogP contribution in [0.3, 0.4) is 0 Å². The number of allylic oxidation sites excluding steroid dienone is 3. The molecule has 0 fully saturated rings. The summed E-state index contributed by atoms with van der Waals surface area (Å²) in [6.45, 7) is 1.90. The fraction of sp³-hybridized carbons (Fsp3) is 0.286. The first-order chi connectivity index (χ1) is 4.31. The summed E-state index contributed by atoms with van der Waals surface area (Å²) < 4.78 is 0. The zero-order chi connectivity index (χ0) is 7.11. The highest BCUT2D eigenvalue weighted by Crippen LogP contribution is 1.94. The quantitative estimate of drug-likeness (QED) is 0.561. The van der Waals surface area contributed by atoms with Crippen molar-refractivity contribution in [3.05, 3.63) is 23.9 Å². The Bertz CT molecular complexity index is 160. The molecular weight excluding hydrogens is 112 g/mol. The maximum Gasteiger partial charge on any atom is 0.0663 e. The van der Waals surface area contributed by atoms with E-state index in [2.05, 4.69) is 0 Å². The molecule has 2 N–H and O–H groups in total. The van der Waals surface area contributed by atoms with Gasteiger partial charge in [0.15, 0.2) is 0 Å². The average Bonchev–Trinajstić information content (AvgIpc) is 1.85. The van der Waals surface area contributed by atoms with Crippen LogP contribution in [0.1, 0.15) is 13.3 Å². The third-order valence-electron chi connectivity index (χ3n) is 0.874. The minimum Gasteiger partial charge on any atom is -0.405 e. The molecule has 0 atom stereocenters. The average molecular weight is 122 g/mol. The van der Waals surface area contributed by atoms with Crippen LogP contribution in [-0.4, -0.2) is 0 Å². The Kier molecular flexibility index (Phi) is 4.25. The van der Waals surface area contributed by atoms with Crippen molar-refractivity contribution in [3.63, 3.8) is 0 Å². The van der Waals surface area contributed by atoms with Crippen molar-refractivity contribution in [1.29, 1.82) is 5.26 Å². The maximum absolute atomic E-state index is 8.13. The van der Waals surface area contributed by atoms with Gasteiger partial charge in [0.1, 0.15) is 0 Å². The lowest BCUT2D eigenvalue weighted by Crippen LogP contribution is -1.76. The van der Waals surface area contributed by atoms with Crippen molar-refractivity contribution in [2.75, 3.05) is 0 Å². The predicted octanol–water partition coefficient (Wildman–Crippen LogP) is 1.32. The van der Waals surface area contributed by atoms with Gasteiger partial charge in [-0.3, -0.25) is 0 Å². The predicted molar refractivity (Wildman–Crippen MR) is 37.3 cm³/mol. The van der Waals surface area contributed by atoms with E-state index in [-0.39, 0.29) is 0 Å². The van der Waals surface area contributed by atoms with Crippen LogP contribution in [0.5, 0.6) is 0 Å². The smallest absolute Gasteiger partial charge is 0.0663 e. The van der Waals surface area contributed by atoms with Gasteiger partial charge in [0.05, 0.1) is 12.5 Å². The second-order valence-electron chi connectivity index (χ2n) is 1.67. The molecule has 0 aliphatic carbocycles. The number of hydrogen-bond donors (Lipinski definition) is 1. The summed E-state index contributed by atoms with van der Waals surface area (Å²) in [5.74, 6) is 0. The lowest BCUT2D eigenvalue weighted by molar-refractivity contribution is 1.31. The van der Waals surface area contributed by atoms with Gasteiger partial charge in [-0.05, 0) is 19.2 Å². The molecule has 9 heavy (non-hydrogen) atoms. The second kappa shape index (κ2) is 4.92. The molecule has 0 rings (SSSR count). The summed E-state index contributed by atoms with van der Waals surface area (Å²) in [6, 6.07) is 2.01. The highest BCUT2D eigenvalue weighted by molar-refractivity contribution is 5.16. The first-order valence-corrected chi connectivity index (χ1v) is 2.73. The van der Waals surface area contributed by atoms with Gasteiger partial charge in [-0.25, -0.2) is 0 Å². The second-order valence-corrected chi connectivity index (χ2v) is 1.67. The molecule has 48 valence electrons. The molecule has 2 nitrogen and oxygen atoms in total. The molecule has 0 aromatic heterocycles. The number of hydrogen-bond acceptors (Lipinski definition) is 2. The Morgan fingerprint density at radius 2 is 2.44 bits per heavy atom. The van der Waals surface area contributed by atoms with E-state index in [1.807, 2.05) is 19.1 Å². The molecule has 0 aromatic carbocycles. The van der Waals surface area contributed by atoms with Crippen molar-refractivity contribution in [3.8, 4) is 6.07 Å². The van der Waals surface area contributed by atoms with Crippen LogP contribution in [0.25, 0.3) is 0 Å². The summed E-state index contributed by atoms with van der Waals surface area (Å²) in [6.07, 6.45) is 5.50. The number of nitriles is 1. The molecule has 0 aromatic rings. The van der Waals surface area contributed by atoms with Gasteiger partial charge in [0.25, 0.3) is 0 Å². The SMILES string of the molecule is CC(/C=C\N)=C/CC#N. The maximum atomic E-state index is 8.13. The van der Waals surface area contributed by atoms with E-state index >= 15 is 0 Å². The fourth-order valence-corrected chi connectivity index (χ4v) is 0.426. The molecule has 0 spiro atoms. The zero-order valence-corrected chi connectivity index (χ0v) is 5.46. The molecule has 2 heteroatoms. The van der Waals surface area contributed by atoms with E-state index in [0.29, 0.717) is 6.42 Å². The van der Waals surface area contributed by atoms with E-state index in [9.17, 15) is 0 Å². The molecule has 0 heterocycles. The van der Waals surface area contributed by atoms with Gasteiger partial charge < -0.3 is 5.73 Å². The summed E-state index contributed by atoms with van der Waals surface area (Å²) in [5, 5.41) is 8.13. The molecule has 0 saturated carbocycles. The van der Waals surface area contributed by atoms with E-state index < -0.39 is 0 Å². The topological polar surface area (TPSA) is 49.8 Å². The van der Waals surface area contributed by atoms with Gasteiger partial charge in [-0.2, -0.15) is 5.26 Å². The van der Waals surface area contributed by atoms with Crippen molar-refractivity contribution in [1.82, 2.24) is 0 Å². The van der Waals surface area contributed by atoms with Gasteiger partial charge >= 0.3 is 0 Å². The largest absolute Gasteiger partial charge is 0.405 e. The van der Waals surface area contributed by atoms with Gasteiger partial charge in [0, 0.05) is 0 Å².